The van der Waals surface area contributed by atoms with Gasteiger partial charge in [-0.05, 0) is 37.6 Å². The predicted octanol–water partition coefficient (Wildman–Crippen LogP) is 2.07. The lowest BCUT2D eigenvalue weighted by Gasteiger charge is -2.07. The second kappa shape index (κ2) is 5.84. The number of nitrogens with zero attached hydrogens (tertiary/aromatic N) is 1. The number of hydrogen-bond donors (Lipinski definition) is 3. The first-order valence-corrected chi connectivity index (χ1v) is 6.45. The molecule has 0 amide bonds. The van der Waals surface area contributed by atoms with E-state index in [1.54, 1.807) is 6.92 Å². The van der Waals surface area contributed by atoms with Crippen LogP contribution in [-0.4, -0.2) is 27.6 Å². The largest absolute Gasteiger partial charge is 0.481 e. The van der Waals surface area contributed by atoms with Crippen LogP contribution in [0, 0.1) is 12.8 Å². The molecule has 102 valence electrons. The summed E-state index contributed by atoms with van der Waals surface area (Å²) in [6.07, 6.45) is 0.640. The Morgan fingerprint density at radius 2 is 2.32 bits per heavy atom. The van der Waals surface area contributed by atoms with Crippen molar-refractivity contribution < 1.29 is 9.90 Å². The number of H-pyrrole nitrogens is 1. The van der Waals surface area contributed by atoms with Crippen LogP contribution in [0.15, 0.2) is 18.2 Å². The van der Waals surface area contributed by atoms with E-state index in [2.05, 4.69) is 21.4 Å². The molecule has 1 aromatic carbocycles. The van der Waals surface area contributed by atoms with Crippen LogP contribution in [0.25, 0.3) is 11.0 Å². The van der Waals surface area contributed by atoms with Gasteiger partial charge >= 0.3 is 5.97 Å². The summed E-state index contributed by atoms with van der Waals surface area (Å²) in [6.45, 7) is 5.10. The van der Waals surface area contributed by atoms with E-state index in [1.165, 1.54) is 5.56 Å². The molecule has 0 aliphatic rings. The van der Waals surface area contributed by atoms with Gasteiger partial charge < -0.3 is 15.4 Å². The minimum Gasteiger partial charge on any atom is -0.481 e. The first kappa shape index (κ1) is 13.5. The van der Waals surface area contributed by atoms with Crippen molar-refractivity contribution in [1.82, 2.24) is 15.3 Å². The Morgan fingerprint density at radius 3 is 3.05 bits per heavy atom. The molecule has 0 saturated carbocycles. The second-order valence-electron chi connectivity index (χ2n) is 4.88. The van der Waals surface area contributed by atoms with E-state index in [9.17, 15) is 4.79 Å². The summed E-state index contributed by atoms with van der Waals surface area (Å²) in [5, 5.41) is 12.0. The number of carbonyl (C=O) groups is 1. The molecule has 5 heteroatoms. The molecule has 0 bridgehead atoms. The number of nitrogens with one attached hydrogen (secondary N) is 2. The van der Waals surface area contributed by atoms with E-state index >= 15 is 0 Å². The van der Waals surface area contributed by atoms with Crippen molar-refractivity contribution in [3.05, 3.63) is 29.6 Å². The number of aliphatic carboxylic acids is 1. The van der Waals surface area contributed by atoms with Gasteiger partial charge in [-0.1, -0.05) is 13.0 Å². The average molecular weight is 261 g/mol. The number of aromatic nitrogens is 2. The quantitative estimate of drug-likeness (QED) is 0.696. The Labute approximate surface area is 112 Å². The van der Waals surface area contributed by atoms with Gasteiger partial charge in [0.1, 0.15) is 5.82 Å². The summed E-state index contributed by atoms with van der Waals surface area (Å²) >= 11 is 0. The van der Waals surface area contributed by atoms with E-state index in [-0.39, 0.29) is 5.92 Å². The van der Waals surface area contributed by atoms with Crippen LogP contribution in [0.1, 0.15) is 24.7 Å². The third-order valence-electron chi connectivity index (χ3n) is 3.17. The summed E-state index contributed by atoms with van der Waals surface area (Å²) in [5.41, 5.74) is 3.18. The van der Waals surface area contributed by atoms with E-state index in [0.717, 1.165) is 23.4 Å². The van der Waals surface area contributed by atoms with Gasteiger partial charge in [-0.15, -0.1) is 0 Å². The summed E-state index contributed by atoms with van der Waals surface area (Å²) < 4.78 is 0. The van der Waals surface area contributed by atoms with Crippen molar-refractivity contribution in [3.63, 3.8) is 0 Å². The number of rotatable bonds is 6. The van der Waals surface area contributed by atoms with Crippen LogP contribution in [-0.2, 0) is 11.3 Å². The highest BCUT2D eigenvalue weighted by Gasteiger charge is 2.09. The Morgan fingerprint density at radius 1 is 1.53 bits per heavy atom. The molecule has 0 aliphatic heterocycles. The minimum absolute atomic E-state index is 0.301. The van der Waals surface area contributed by atoms with Crippen LogP contribution < -0.4 is 5.32 Å². The monoisotopic (exact) mass is 261 g/mol. The molecule has 2 rings (SSSR count). The normalized spacial score (nSPS) is 12.7. The number of benzene rings is 1. The number of carboxylic acids is 1. The van der Waals surface area contributed by atoms with Gasteiger partial charge in [-0.3, -0.25) is 4.79 Å². The summed E-state index contributed by atoms with van der Waals surface area (Å²) in [5.74, 6) is -0.128. The van der Waals surface area contributed by atoms with E-state index in [4.69, 9.17) is 5.11 Å². The summed E-state index contributed by atoms with van der Waals surface area (Å²) in [7, 11) is 0. The van der Waals surface area contributed by atoms with Crippen LogP contribution in [0.3, 0.4) is 0 Å². The fourth-order valence-corrected chi connectivity index (χ4v) is 1.97. The number of hydrogen-bond acceptors (Lipinski definition) is 3. The maximum absolute atomic E-state index is 10.7. The second-order valence-corrected chi connectivity index (χ2v) is 4.88. The molecule has 5 nitrogen and oxygen atoms in total. The molecular formula is C14H19N3O2. The van der Waals surface area contributed by atoms with Crippen molar-refractivity contribution in [2.75, 3.05) is 6.54 Å². The molecule has 0 radical (unpaired) electrons. The molecule has 1 heterocycles. The van der Waals surface area contributed by atoms with E-state index in [1.807, 2.05) is 19.1 Å². The molecule has 0 saturated heterocycles. The summed E-state index contributed by atoms with van der Waals surface area (Å²) in [4.78, 5) is 18.2. The molecule has 1 atom stereocenters. The lowest BCUT2D eigenvalue weighted by molar-refractivity contribution is -0.141. The number of imidazole rings is 1. The highest BCUT2D eigenvalue weighted by Crippen LogP contribution is 2.13. The lowest BCUT2D eigenvalue weighted by Crippen LogP contribution is -2.20. The molecule has 2 aromatic rings. The summed E-state index contributed by atoms with van der Waals surface area (Å²) in [6, 6.07) is 6.11. The standard InChI is InChI=1S/C14H19N3O2/c1-9(14(18)19)5-6-15-8-11-3-4-12-13(7-11)17-10(2)16-12/h3-4,7,9,15H,5-6,8H2,1-2H3,(H,16,17)(H,18,19). The first-order chi connectivity index (χ1) is 9.06. The molecule has 0 aliphatic carbocycles. The molecule has 19 heavy (non-hydrogen) atoms. The molecule has 0 spiro atoms. The molecule has 0 fully saturated rings. The number of carboxylic acid groups (broad SMARTS) is 1. The highest BCUT2D eigenvalue weighted by molar-refractivity contribution is 5.75. The van der Waals surface area contributed by atoms with Crippen LogP contribution in [0.4, 0.5) is 0 Å². The van der Waals surface area contributed by atoms with E-state index < -0.39 is 5.97 Å². The van der Waals surface area contributed by atoms with Crippen molar-refractivity contribution in [2.24, 2.45) is 5.92 Å². The third kappa shape index (κ3) is 3.54. The smallest absolute Gasteiger partial charge is 0.306 e. The molecular weight excluding hydrogens is 242 g/mol. The van der Waals surface area contributed by atoms with Crippen molar-refractivity contribution >= 4 is 17.0 Å². The topological polar surface area (TPSA) is 78.0 Å². The van der Waals surface area contributed by atoms with Crippen LogP contribution >= 0.6 is 0 Å². The minimum atomic E-state index is -0.740. The molecule has 1 unspecified atom stereocenters. The maximum Gasteiger partial charge on any atom is 0.306 e. The highest BCUT2D eigenvalue weighted by atomic mass is 16.4. The zero-order valence-corrected chi connectivity index (χ0v) is 11.2. The van der Waals surface area contributed by atoms with Crippen molar-refractivity contribution in [3.8, 4) is 0 Å². The first-order valence-electron chi connectivity index (χ1n) is 6.45. The Bertz CT molecular complexity index is 577. The van der Waals surface area contributed by atoms with Gasteiger partial charge in [0.05, 0.1) is 17.0 Å². The number of fused-ring (bicyclic) bond motifs is 1. The predicted molar refractivity (Wildman–Crippen MR) is 74.0 cm³/mol. The van der Waals surface area contributed by atoms with Gasteiger partial charge in [0, 0.05) is 6.54 Å². The van der Waals surface area contributed by atoms with Crippen LogP contribution in [0.2, 0.25) is 0 Å². The average Bonchev–Trinajstić information content (AvgIpc) is 2.73. The Balaban J connectivity index is 1.86. The SMILES string of the molecule is Cc1nc2ccc(CNCCC(C)C(=O)O)cc2[nH]1. The third-order valence-corrected chi connectivity index (χ3v) is 3.17. The maximum atomic E-state index is 10.7. The van der Waals surface area contributed by atoms with Gasteiger partial charge in [-0.2, -0.15) is 0 Å². The van der Waals surface area contributed by atoms with Crippen molar-refractivity contribution in [1.29, 1.82) is 0 Å². The fourth-order valence-electron chi connectivity index (χ4n) is 1.97. The molecule has 3 N–H and O–H groups in total. The van der Waals surface area contributed by atoms with Gasteiger partial charge in [0.15, 0.2) is 0 Å². The Hall–Kier alpha value is -1.88. The van der Waals surface area contributed by atoms with Gasteiger partial charge in [-0.25, -0.2) is 4.98 Å². The number of aryl methyl sites for hydroxylation is 1. The van der Waals surface area contributed by atoms with Gasteiger partial charge in [0.2, 0.25) is 0 Å². The fraction of sp³-hybridized carbons (Fsp3) is 0.429. The zero-order valence-electron chi connectivity index (χ0n) is 11.2. The zero-order chi connectivity index (χ0) is 13.8. The number of aromatic amines is 1. The Kier molecular flexibility index (Phi) is 4.16. The van der Waals surface area contributed by atoms with Crippen LogP contribution in [0.5, 0.6) is 0 Å². The van der Waals surface area contributed by atoms with Gasteiger partial charge in [0.25, 0.3) is 0 Å². The lowest BCUT2D eigenvalue weighted by atomic mass is 10.1. The molecule has 1 aromatic heterocycles. The van der Waals surface area contributed by atoms with Crippen molar-refractivity contribution in [2.45, 2.75) is 26.8 Å². The van der Waals surface area contributed by atoms with E-state index in [0.29, 0.717) is 13.0 Å².